The Hall–Kier alpha value is -4.09. The summed E-state index contributed by atoms with van der Waals surface area (Å²) in [6.07, 6.45) is -1.40. The number of anilines is 1. The van der Waals surface area contributed by atoms with Crippen LogP contribution >= 0.6 is 0 Å². The van der Waals surface area contributed by atoms with Crippen molar-refractivity contribution in [2.75, 3.05) is 19.0 Å². The molecule has 0 spiro atoms. The number of carboxylic acids is 1. The molecule has 2 heterocycles. The van der Waals surface area contributed by atoms with Gasteiger partial charge < -0.3 is 19.9 Å². The Kier molecular flexibility index (Phi) is 7.39. The molecule has 0 saturated carbocycles. The maximum absolute atomic E-state index is 14.5. The summed E-state index contributed by atoms with van der Waals surface area (Å²) >= 11 is 0. The first kappa shape index (κ1) is 24.6. The second-order valence-electron chi connectivity index (χ2n) is 7.13. The van der Waals surface area contributed by atoms with Crippen LogP contribution in [0.5, 0.6) is 11.5 Å². The highest BCUT2D eigenvalue weighted by Gasteiger charge is 2.38. The first-order valence-electron chi connectivity index (χ1n) is 9.78. The van der Waals surface area contributed by atoms with Gasteiger partial charge in [0.2, 0.25) is 5.91 Å². The molecule has 1 unspecified atom stereocenters. The molecule has 0 radical (unpaired) electrons. The number of fused-ring (bicyclic) bond motifs is 1. The summed E-state index contributed by atoms with van der Waals surface area (Å²) in [6, 6.07) is 10.4. The van der Waals surface area contributed by atoms with Gasteiger partial charge in [-0.3, -0.25) is 9.89 Å². The van der Waals surface area contributed by atoms with Crippen LogP contribution in [0.4, 0.5) is 23.2 Å². The quantitative estimate of drug-likeness (QED) is 0.485. The van der Waals surface area contributed by atoms with Crippen molar-refractivity contribution < 1.29 is 41.7 Å². The van der Waals surface area contributed by atoms with Gasteiger partial charge in [0, 0.05) is 23.4 Å². The highest BCUT2D eigenvalue weighted by Crippen LogP contribution is 2.34. The number of para-hydroxylation sites is 1. The van der Waals surface area contributed by atoms with Gasteiger partial charge in [-0.2, -0.15) is 18.3 Å². The van der Waals surface area contributed by atoms with E-state index < -0.39 is 18.0 Å². The molecule has 3 aromatic rings. The molecule has 2 aromatic carbocycles. The minimum Gasteiger partial charge on any atom is -0.495 e. The van der Waals surface area contributed by atoms with Gasteiger partial charge in [0.15, 0.2) is 0 Å². The molecular formula is C22H19F4N3O5. The number of hydrogen-bond acceptors (Lipinski definition) is 5. The highest BCUT2D eigenvalue weighted by molar-refractivity contribution is 5.95. The number of H-pyrrole nitrogens is 1. The Balaban J connectivity index is 0.000000406. The number of rotatable bonds is 4. The third kappa shape index (κ3) is 5.82. The predicted molar refractivity (Wildman–Crippen MR) is 112 cm³/mol. The molecule has 0 fully saturated rings. The summed E-state index contributed by atoms with van der Waals surface area (Å²) in [6.45, 7) is 0.279. The Morgan fingerprint density at radius 2 is 1.97 bits per heavy atom. The lowest BCUT2D eigenvalue weighted by molar-refractivity contribution is -0.192. The first-order valence-corrected chi connectivity index (χ1v) is 9.78. The fourth-order valence-electron chi connectivity index (χ4n) is 3.17. The van der Waals surface area contributed by atoms with Crippen LogP contribution < -0.4 is 14.8 Å². The summed E-state index contributed by atoms with van der Waals surface area (Å²) in [5, 5.41) is 16.4. The minimum absolute atomic E-state index is 0.238. The smallest absolute Gasteiger partial charge is 0.490 e. The van der Waals surface area contributed by atoms with Crippen LogP contribution in [0.15, 0.2) is 48.8 Å². The van der Waals surface area contributed by atoms with Gasteiger partial charge in [-0.1, -0.05) is 18.2 Å². The number of benzene rings is 2. The van der Waals surface area contributed by atoms with Gasteiger partial charge >= 0.3 is 12.1 Å². The van der Waals surface area contributed by atoms with E-state index >= 15 is 0 Å². The third-order valence-electron chi connectivity index (χ3n) is 4.85. The van der Waals surface area contributed by atoms with Gasteiger partial charge in [0.25, 0.3) is 0 Å². The van der Waals surface area contributed by atoms with E-state index in [0.29, 0.717) is 23.3 Å². The second kappa shape index (κ2) is 10.2. The Morgan fingerprint density at radius 3 is 2.59 bits per heavy atom. The summed E-state index contributed by atoms with van der Waals surface area (Å²) < 4.78 is 57.3. The standard InChI is InChI=1S/C20H18FN3O3.C2HF3O2/c1-26-19-7-15(14-9-22-23-10-14)16(21)8-17(19)24-20(25)13-6-12-4-2-3-5-18(12)27-11-13;3-2(4,5)1(6)7/h2-5,7-10,13H,6,11H2,1H3,(H,22,23)(H,24,25);(H,6,7). The lowest BCUT2D eigenvalue weighted by Crippen LogP contribution is -2.32. The van der Waals surface area contributed by atoms with E-state index in [-0.39, 0.29) is 24.1 Å². The molecule has 0 saturated heterocycles. The van der Waals surface area contributed by atoms with Gasteiger partial charge in [0.1, 0.15) is 23.9 Å². The second-order valence-corrected chi connectivity index (χ2v) is 7.13. The minimum atomic E-state index is -5.08. The lowest BCUT2D eigenvalue weighted by atomic mass is 9.96. The van der Waals surface area contributed by atoms with Gasteiger partial charge in [0.05, 0.1) is 24.9 Å². The van der Waals surface area contributed by atoms with Crippen molar-refractivity contribution in [3.05, 3.63) is 60.2 Å². The molecule has 1 atom stereocenters. The Morgan fingerprint density at radius 1 is 1.26 bits per heavy atom. The topological polar surface area (TPSA) is 114 Å². The zero-order chi connectivity index (χ0) is 24.9. The largest absolute Gasteiger partial charge is 0.495 e. The molecule has 0 bridgehead atoms. The summed E-state index contributed by atoms with van der Waals surface area (Å²) in [7, 11) is 1.47. The van der Waals surface area contributed by atoms with Crippen LogP contribution in [-0.2, 0) is 16.0 Å². The molecule has 1 aliphatic heterocycles. The van der Waals surface area contributed by atoms with Gasteiger partial charge in [-0.05, 0) is 24.1 Å². The van der Waals surface area contributed by atoms with E-state index in [1.807, 2.05) is 24.3 Å². The number of aromatic nitrogens is 2. The zero-order valence-corrected chi connectivity index (χ0v) is 17.6. The van der Waals surface area contributed by atoms with Crippen molar-refractivity contribution in [1.82, 2.24) is 10.2 Å². The molecule has 34 heavy (non-hydrogen) atoms. The molecule has 12 heteroatoms. The number of halogens is 4. The number of alkyl halides is 3. The maximum atomic E-state index is 14.5. The zero-order valence-electron chi connectivity index (χ0n) is 17.6. The number of carbonyl (C=O) groups is 2. The molecule has 1 amide bonds. The molecule has 3 N–H and O–H groups in total. The van der Waals surface area contributed by atoms with Gasteiger partial charge in [-0.15, -0.1) is 0 Å². The number of amides is 1. The summed E-state index contributed by atoms with van der Waals surface area (Å²) in [5.41, 5.74) is 2.21. The fraction of sp³-hybridized carbons (Fsp3) is 0.227. The van der Waals surface area contributed by atoms with Crippen molar-refractivity contribution in [1.29, 1.82) is 0 Å². The third-order valence-corrected chi connectivity index (χ3v) is 4.85. The van der Waals surface area contributed by atoms with E-state index in [2.05, 4.69) is 15.5 Å². The number of ether oxygens (including phenoxy) is 2. The van der Waals surface area contributed by atoms with Crippen molar-refractivity contribution in [3.63, 3.8) is 0 Å². The average Bonchev–Trinajstić information content (AvgIpc) is 3.33. The van der Waals surface area contributed by atoms with E-state index in [1.165, 1.54) is 19.4 Å². The van der Waals surface area contributed by atoms with E-state index in [9.17, 15) is 22.4 Å². The van der Waals surface area contributed by atoms with Crippen LogP contribution in [0.3, 0.4) is 0 Å². The van der Waals surface area contributed by atoms with E-state index in [0.717, 1.165) is 11.3 Å². The van der Waals surface area contributed by atoms with E-state index in [1.54, 1.807) is 12.3 Å². The number of carbonyl (C=O) groups excluding carboxylic acids is 1. The molecular weight excluding hydrogens is 462 g/mol. The van der Waals surface area contributed by atoms with Crippen molar-refractivity contribution in [2.24, 2.45) is 5.92 Å². The Labute approximate surface area is 190 Å². The predicted octanol–water partition coefficient (Wildman–Crippen LogP) is 4.05. The van der Waals surface area contributed by atoms with Crippen LogP contribution in [0.1, 0.15) is 5.56 Å². The monoisotopic (exact) mass is 481 g/mol. The first-order chi connectivity index (χ1) is 16.1. The number of aromatic amines is 1. The van der Waals surface area contributed by atoms with Crippen LogP contribution in [0.25, 0.3) is 11.1 Å². The number of aliphatic carboxylic acids is 1. The lowest BCUT2D eigenvalue weighted by Gasteiger charge is -2.25. The molecule has 180 valence electrons. The molecule has 0 aliphatic carbocycles. The number of nitrogens with one attached hydrogen (secondary N) is 2. The highest BCUT2D eigenvalue weighted by atomic mass is 19.4. The molecule has 8 nitrogen and oxygen atoms in total. The van der Waals surface area contributed by atoms with E-state index in [4.69, 9.17) is 19.4 Å². The SMILES string of the molecule is COc1cc(-c2cn[nH]c2)c(F)cc1NC(=O)C1COc2ccccc2C1.O=C(O)C(F)(F)F. The Bertz CT molecular complexity index is 1170. The molecule has 1 aliphatic rings. The molecule has 1 aromatic heterocycles. The van der Waals surface area contributed by atoms with Crippen molar-refractivity contribution in [3.8, 4) is 22.6 Å². The number of methoxy groups -OCH3 is 1. The number of carboxylic acid groups (broad SMARTS) is 1. The normalized spacial score (nSPS) is 14.7. The van der Waals surface area contributed by atoms with Crippen molar-refractivity contribution >= 4 is 17.6 Å². The van der Waals surface area contributed by atoms with Crippen LogP contribution in [0.2, 0.25) is 0 Å². The van der Waals surface area contributed by atoms with Gasteiger partial charge in [-0.25, -0.2) is 9.18 Å². The number of hydrogen-bond donors (Lipinski definition) is 3. The maximum Gasteiger partial charge on any atom is 0.490 e. The average molecular weight is 481 g/mol. The summed E-state index contributed by atoms with van der Waals surface area (Å²) in [5.74, 6) is -2.66. The number of nitrogens with zero attached hydrogens (tertiary/aromatic N) is 1. The fourth-order valence-corrected chi connectivity index (χ4v) is 3.17. The van der Waals surface area contributed by atoms with Crippen LogP contribution in [0, 0.1) is 11.7 Å². The van der Waals surface area contributed by atoms with Crippen molar-refractivity contribution in [2.45, 2.75) is 12.6 Å². The molecule has 4 rings (SSSR count). The summed E-state index contributed by atoms with van der Waals surface area (Å²) in [4.78, 5) is 21.6. The van der Waals surface area contributed by atoms with Crippen LogP contribution in [-0.4, -0.2) is 47.1 Å².